The molecule has 3 rings (SSSR count). The summed E-state index contributed by atoms with van der Waals surface area (Å²) in [7, 11) is -3.17. The maximum atomic E-state index is 11.8. The monoisotopic (exact) mass is 312 g/mol. The second-order valence-corrected chi connectivity index (χ2v) is 7.60. The molecule has 0 unspecified atom stereocenters. The predicted molar refractivity (Wildman–Crippen MR) is 77.5 cm³/mol. The van der Waals surface area contributed by atoms with E-state index >= 15 is 0 Å². The molecule has 21 heavy (non-hydrogen) atoms. The van der Waals surface area contributed by atoms with Gasteiger partial charge in [0.2, 0.25) is 15.9 Å². The highest BCUT2D eigenvalue weighted by Crippen LogP contribution is 2.35. The summed E-state index contributed by atoms with van der Waals surface area (Å²) >= 11 is 0. The van der Waals surface area contributed by atoms with Gasteiger partial charge in [-0.3, -0.25) is 0 Å². The van der Waals surface area contributed by atoms with Crippen molar-refractivity contribution >= 4 is 10.0 Å². The van der Waals surface area contributed by atoms with Crippen LogP contribution in [0.5, 0.6) is 5.88 Å². The first-order valence-corrected chi connectivity index (χ1v) is 9.01. The molecule has 1 aliphatic heterocycles. The number of sulfonamides is 1. The molecule has 116 valence electrons. The van der Waals surface area contributed by atoms with Crippen LogP contribution in [0, 0.1) is 5.92 Å². The fourth-order valence-electron chi connectivity index (χ4n) is 3.20. The summed E-state index contributed by atoms with van der Waals surface area (Å²) in [6.07, 6.45) is 4.57. The minimum Gasteiger partial charge on any atom is -0.477 e. The minimum atomic E-state index is -3.17. The van der Waals surface area contributed by atoms with E-state index in [1.54, 1.807) is 10.5 Å². The van der Waals surface area contributed by atoms with Crippen molar-refractivity contribution in [2.75, 3.05) is 26.0 Å². The van der Waals surface area contributed by atoms with Crippen molar-refractivity contribution in [3.63, 3.8) is 0 Å². The smallest absolute Gasteiger partial charge is 0.213 e. The number of nitrogens with zero attached hydrogens (tertiary/aromatic N) is 2. The van der Waals surface area contributed by atoms with Crippen LogP contribution in [0.25, 0.3) is 0 Å². The van der Waals surface area contributed by atoms with Gasteiger partial charge in [-0.1, -0.05) is 6.07 Å². The van der Waals surface area contributed by atoms with Gasteiger partial charge in [-0.25, -0.2) is 13.4 Å². The van der Waals surface area contributed by atoms with Crippen LogP contribution in [-0.2, 0) is 14.8 Å². The summed E-state index contributed by atoms with van der Waals surface area (Å²) in [5.41, 5.74) is 0. The molecule has 0 spiro atoms. The Balaban J connectivity index is 1.61. The van der Waals surface area contributed by atoms with Crippen molar-refractivity contribution in [3.05, 3.63) is 24.4 Å². The van der Waals surface area contributed by atoms with Gasteiger partial charge >= 0.3 is 0 Å². The van der Waals surface area contributed by atoms with Crippen molar-refractivity contribution in [2.24, 2.45) is 5.92 Å². The summed E-state index contributed by atoms with van der Waals surface area (Å²) < 4.78 is 36.7. The van der Waals surface area contributed by atoms with Gasteiger partial charge in [0.05, 0.1) is 31.6 Å². The van der Waals surface area contributed by atoms with Gasteiger partial charge in [0.1, 0.15) is 0 Å². The summed E-state index contributed by atoms with van der Waals surface area (Å²) in [5, 5.41) is 0. The second-order valence-electron chi connectivity index (χ2n) is 5.67. The van der Waals surface area contributed by atoms with Crippen LogP contribution in [0.4, 0.5) is 0 Å². The molecule has 2 heterocycles. The van der Waals surface area contributed by atoms with Gasteiger partial charge < -0.3 is 9.47 Å². The summed E-state index contributed by atoms with van der Waals surface area (Å²) in [6.45, 7) is 1.47. The molecule has 0 bridgehead atoms. The zero-order valence-electron chi connectivity index (χ0n) is 12.0. The third kappa shape index (κ3) is 3.36. The molecule has 0 radical (unpaired) electrons. The van der Waals surface area contributed by atoms with E-state index in [0.717, 1.165) is 12.8 Å². The van der Waals surface area contributed by atoms with E-state index < -0.39 is 10.0 Å². The molecule has 3 atom stereocenters. The van der Waals surface area contributed by atoms with Gasteiger partial charge in [0, 0.05) is 18.8 Å². The molecule has 1 aliphatic carbocycles. The molecule has 1 saturated heterocycles. The molecule has 6 nitrogen and oxygen atoms in total. The summed E-state index contributed by atoms with van der Waals surface area (Å²) in [5.74, 6) is 0.901. The first-order chi connectivity index (χ1) is 10.0. The molecule has 0 N–H and O–H groups in total. The van der Waals surface area contributed by atoms with Crippen molar-refractivity contribution < 1.29 is 17.9 Å². The summed E-state index contributed by atoms with van der Waals surface area (Å²) in [6, 6.07) is 5.49. The number of pyridine rings is 1. The fraction of sp³-hybridized carbons (Fsp3) is 0.643. The predicted octanol–water partition coefficient (Wildman–Crippen LogP) is 0.899. The number of hydrogen-bond acceptors (Lipinski definition) is 5. The van der Waals surface area contributed by atoms with Crippen LogP contribution in [0.3, 0.4) is 0 Å². The zero-order valence-corrected chi connectivity index (χ0v) is 12.8. The number of ether oxygens (including phenoxy) is 2. The van der Waals surface area contributed by atoms with Gasteiger partial charge in [0.15, 0.2) is 0 Å². The molecule has 0 aromatic carbocycles. The van der Waals surface area contributed by atoms with Gasteiger partial charge in [-0.15, -0.1) is 0 Å². The number of morpholine rings is 1. The van der Waals surface area contributed by atoms with E-state index in [1.807, 2.05) is 18.2 Å². The van der Waals surface area contributed by atoms with E-state index in [1.165, 1.54) is 6.26 Å². The maximum absolute atomic E-state index is 11.8. The molecule has 2 fully saturated rings. The SMILES string of the molecule is CS(=O)(=O)N1CCO[C@@H]2C[C@H](COc3ccccn3)C[C@@H]21. The Morgan fingerprint density at radius 3 is 3.00 bits per heavy atom. The first-order valence-electron chi connectivity index (χ1n) is 7.16. The van der Waals surface area contributed by atoms with E-state index in [4.69, 9.17) is 9.47 Å². The van der Waals surface area contributed by atoms with Crippen LogP contribution in [0.2, 0.25) is 0 Å². The Hall–Kier alpha value is -1.18. The number of aromatic nitrogens is 1. The Labute approximate surface area is 125 Å². The van der Waals surface area contributed by atoms with Crippen molar-refractivity contribution in [3.8, 4) is 5.88 Å². The molecular formula is C14H20N2O4S. The van der Waals surface area contributed by atoms with Crippen LogP contribution in [0.15, 0.2) is 24.4 Å². The van der Waals surface area contributed by atoms with E-state index in [2.05, 4.69) is 4.98 Å². The van der Waals surface area contributed by atoms with Gasteiger partial charge in [0.25, 0.3) is 0 Å². The number of fused-ring (bicyclic) bond motifs is 1. The lowest BCUT2D eigenvalue weighted by atomic mass is 10.1. The minimum absolute atomic E-state index is 0.00851. The average molecular weight is 312 g/mol. The second kappa shape index (κ2) is 5.90. The van der Waals surface area contributed by atoms with Crippen LogP contribution < -0.4 is 4.74 Å². The normalized spacial score (nSPS) is 30.0. The largest absolute Gasteiger partial charge is 0.477 e. The number of hydrogen-bond donors (Lipinski definition) is 0. The van der Waals surface area contributed by atoms with Crippen molar-refractivity contribution in [2.45, 2.75) is 25.0 Å². The fourth-order valence-corrected chi connectivity index (χ4v) is 4.32. The highest BCUT2D eigenvalue weighted by molar-refractivity contribution is 7.88. The lowest BCUT2D eigenvalue weighted by Crippen LogP contribution is -2.50. The van der Waals surface area contributed by atoms with Crippen LogP contribution >= 0.6 is 0 Å². The molecule has 1 saturated carbocycles. The van der Waals surface area contributed by atoms with E-state index in [0.29, 0.717) is 31.6 Å². The highest BCUT2D eigenvalue weighted by atomic mass is 32.2. The molecule has 1 aromatic heterocycles. The summed E-state index contributed by atoms with van der Waals surface area (Å²) in [4.78, 5) is 4.12. The van der Waals surface area contributed by atoms with Crippen LogP contribution in [-0.4, -0.2) is 55.9 Å². The number of rotatable bonds is 4. The molecule has 1 aromatic rings. The topological polar surface area (TPSA) is 68.7 Å². The van der Waals surface area contributed by atoms with E-state index in [9.17, 15) is 8.42 Å². The standard InChI is InChI=1S/C14H20N2O4S/c1-21(17,18)16-6-7-19-13-9-11(8-12(13)16)10-20-14-4-2-3-5-15-14/h2-5,11-13H,6-10H2,1H3/t11-,12+,13-/m1/s1. The molecular weight excluding hydrogens is 292 g/mol. The maximum Gasteiger partial charge on any atom is 0.213 e. The van der Waals surface area contributed by atoms with Crippen molar-refractivity contribution in [1.82, 2.24) is 9.29 Å². The first kappa shape index (κ1) is 14.7. The average Bonchev–Trinajstić information content (AvgIpc) is 2.87. The van der Waals surface area contributed by atoms with Gasteiger partial charge in [-0.2, -0.15) is 4.31 Å². The van der Waals surface area contributed by atoms with E-state index in [-0.39, 0.29) is 12.1 Å². The third-order valence-corrected chi connectivity index (χ3v) is 5.42. The Kier molecular flexibility index (Phi) is 4.14. The Bertz CT molecular complexity index is 578. The molecule has 0 amide bonds. The van der Waals surface area contributed by atoms with Crippen LogP contribution in [0.1, 0.15) is 12.8 Å². The van der Waals surface area contributed by atoms with Gasteiger partial charge in [-0.05, 0) is 24.8 Å². The molecule has 2 aliphatic rings. The lowest BCUT2D eigenvalue weighted by Gasteiger charge is -2.35. The Morgan fingerprint density at radius 2 is 2.29 bits per heavy atom. The van der Waals surface area contributed by atoms with Crippen molar-refractivity contribution in [1.29, 1.82) is 0 Å². The quantitative estimate of drug-likeness (QED) is 0.826. The third-order valence-electron chi connectivity index (χ3n) is 4.11. The zero-order chi connectivity index (χ0) is 14.9. The highest BCUT2D eigenvalue weighted by Gasteiger charge is 2.44. The lowest BCUT2D eigenvalue weighted by molar-refractivity contribution is -0.0246. The molecule has 7 heteroatoms. The Morgan fingerprint density at radius 1 is 1.43 bits per heavy atom.